The minimum atomic E-state index is 0.931. The molecular weight excluding hydrogens is 262 g/mol. The number of nitrogens with one attached hydrogen (secondary N) is 1. The Labute approximate surface area is 123 Å². The van der Waals surface area contributed by atoms with E-state index in [1.165, 1.54) is 0 Å². The van der Waals surface area contributed by atoms with Crippen LogP contribution in [0.3, 0.4) is 0 Å². The van der Waals surface area contributed by atoms with Crippen LogP contribution in [0.25, 0.3) is 11.3 Å². The molecule has 0 saturated heterocycles. The van der Waals surface area contributed by atoms with Crippen molar-refractivity contribution in [2.45, 2.75) is 0 Å². The molecule has 0 radical (unpaired) electrons. The quantitative estimate of drug-likeness (QED) is 0.589. The SMILES string of the molecule is Cn1cnc(-c2ccc(NN=Cc3ccncc3)cc2)c1. The van der Waals surface area contributed by atoms with Gasteiger partial charge in [0.2, 0.25) is 0 Å². The number of nitrogens with zero attached hydrogens (tertiary/aromatic N) is 4. The maximum absolute atomic E-state index is 4.32. The molecule has 5 heteroatoms. The van der Waals surface area contributed by atoms with Crippen molar-refractivity contribution in [1.29, 1.82) is 0 Å². The van der Waals surface area contributed by atoms with Crippen LogP contribution in [0.1, 0.15) is 5.56 Å². The standard InChI is InChI=1S/C16H15N5/c1-21-11-16(18-12-21)14-2-4-15(5-3-14)20-19-10-13-6-8-17-9-7-13/h2-12,20H,1H3. The molecule has 3 aromatic rings. The average Bonchev–Trinajstić information content (AvgIpc) is 2.96. The van der Waals surface area contributed by atoms with Crippen LogP contribution < -0.4 is 5.43 Å². The van der Waals surface area contributed by atoms with Crippen molar-refractivity contribution in [3.63, 3.8) is 0 Å². The largest absolute Gasteiger partial charge is 0.340 e. The van der Waals surface area contributed by atoms with E-state index in [-0.39, 0.29) is 0 Å². The van der Waals surface area contributed by atoms with Gasteiger partial charge < -0.3 is 4.57 Å². The van der Waals surface area contributed by atoms with Gasteiger partial charge in [0.1, 0.15) is 0 Å². The molecule has 2 heterocycles. The Hall–Kier alpha value is -2.95. The summed E-state index contributed by atoms with van der Waals surface area (Å²) in [4.78, 5) is 8.29. The summed E-state index contributed by atoms with van der Waals surface area (Å²) in [5.74, 6) is 0. The van der Waals surface area contributed by atoms with Gasteiger partial charge in [-0.2, -0.15) is 5.10 Å². The summed E-state index contributed by atoms with van der Waals surface area (Å²) in [5.41, 5.74) is 6.98. The van der Waals surface area contributed by atoms with Gasteiger partial charge >= 0.3 is 0 Å². The summed E-state index contributed by atoms with van der Waals surface area (Å²) in [7, 11) is 1.96. The van der Waals surface area contributed by atoms with Gasteiger partial charge in [0.25, 0.3) is 0 Å². The zero-order valence-corrected chi connectivity index (χ0v) is 11.6. The smallest absolute Gasteiger partial charge is 0.0951 e. The van der Waals surface area contributed by atoms with Crippen molar-refractivity contribution in [1.82, 2.24) is 14.5 Å². The number of rotatable bonds is 4. The molecule has 0 unspecified atom stereocenters. The van der Waals surface area contributed by atoms with Gasteiger partial charge in [0, 0.05) is 31.2 Å². The number of benzene rings is 1. The van der Waals surface area contributed by atoms with Crippen LogP contribution in [-0.4, -0.2) is 20.7 Å². The molecule has 21 heavy (non-hydrogen) atoms. The third-order valence-corrected chi connectivity index (χ3v) is 3.00. The van der Waals surface area contributed by atoms with E-state index in [9.17, 15) is 0 Å². The molecule has 1 N–H and O–H groups in total. The number of pyridine rings is 1. The summed E-state index contributed by atoms with van der Waals surface area (Å²) < 4.78 is 1.93. The lowest BCUT2D eigenvalue weighted by Crippen LogP contribution is -1.90. The number of aryl methyl sites for hydroxylation is 1. The van der Waals surface area contributed by atoms with Crippen molar-refractivity contribution >= 4 is 11.9 Å². The normalized spacial score (nSPS) is 10.9. The molecule has 1 aromatic carbocycles. The second-order valence-electron chi connectivity index (χ2n) is 4.65. The average molecular weight is 277 g/mol. The first-order chi connectivity index (χ1) is 10.3. The van der Waals surface area contributed by atoms with E-state index < -0.39 is 0 Å². The molecule has 0 saturated carbocycles. The Bertz CT molecular complexity index is 729. The Morgan fingerprint density at radius 1 is 1.10 bits per heavy atom. The van der Waals surface area contributed by atoms with Gasteiger partial charge in [-0.3, -0.25) is 10.4 Å². The highest BCUT2D eigenvalue weighted by molar-refractivity contribution is 5.79. The Morgan fingerprint density at radius 3 is 2.52 bits per heavy atom. The van der Waals surface area contributed by atoms with Gasteiger partial charge in [0.15, 0.2) is 0 Å². The van der Waals surface area contributed by atoms with Crippen molar-refractivity contribution in [2.75, 3.05) is 5.43 Å². The van der Waals surface area contributed by atoms with Crippen molar-refractivity contribution in [2.24, 2.45) is 12.1 Å². The molecule has 3 rings (SSSR count). The third kappa shape index (κ3) is 3.33. The zero-order valence-electron chi connectivity index (χ0n) is 11.6. The molecule has 0 aliphatic carbocycles. The predicted molar refractivity (Wildman–Crippen MR) is 84.1 cm³/mol. The van der Waals surface area contributed by atoms with Crippen molar-refractivity contribution in [3.8, 4) is 11.3 Å². The zero-order chi connectivity index (χ0) is 14.5. The van der Waals surface area contributed by atoms with Crippen LogP contribution >= 0.6 is 0 Å². The van der Waals surface area contributed by atoms with Crippen LogP contribution in [0.5, 0.6) is 0 Å². The maximum atomic E-state index is 4.32. The first-order valence-electron chi connectivity index (χ1n) is 6.59. The summed E-state index contributed by atoms with van der Waals surface area (Å²) in [6.07, 6.45) is 9.02. The number of hydrazone groups is 1. The summed E-state index contributed by atoms with van der Waals surface area (Å²) in [6, 6.07) is 11.8. The number of aromatic nitrogens is 3. The van der Waals surface area contributed by atoms with Crippen LogP contribution in [0.15, 0.2) is 66.4 Å². The van der Waals surface area contributed by atoms with Crippen LogP contribution in [-0.2, 0) is 7.05 Å². The second-order valence-corrected chi connectivity index (χ2v) is 4.65. The lowest BCUT2D eigenvalue weighted by atomic mass is 10.1. The van der Waals surface area contributed by atoms with Gasteiger partial charge in [0.05, 0.1) is 23.9 Å². The molecule has 5 nitrogen and oxygen atoms in total. The summed E-state index contributed by atoms with van der Waals surface area (Å²) in [5, 5.41) is 4.20. The number of anilines is 1. The highest BCUT2D eigenvalue weighted by Gasteiger charge is 2.00. The van der Waals surface area contributed by atoms with Gasteiger partial charge in [-0.1, -0.05) is 12.1 Å². The molecular formula is C16H15N5. The van der Waals surface area contributed by atoms with Crippen LogP contribution in [0, 0.1) is 0 Å². The van der Waals surface area contributed by atoms with Gasteiger partial charge in [-0.15, -0.1) is 0 Å². The number of imidazole rings is 1. The lowest BCUT2D eigenvalue weighted by Gasteiger charge is -2.01. The fourth-order valence-corrected chi connectivity index (χ4v) is 1.91. The van der Waals surface area contributed by atoms with Crippen LogP contribution in [0.2, 0.25) is 0 Å². The molecule has 0 aliphatic heterocycles. The maximum Gasteiger partial charge on any atom is 0.0951 e. The molecule has 0 amide bonds. The fraction of sp³-hybridized carbons (Fsp3) is 0.0625. The Balaban J connectivity index is 1.66. The number of hydrogen-bond acceptors (Lipinski definition) is 4. The van der Waals surface area contributed by atoms with Crippen LogP contribution in [0.4, 0.5) is 5.69 Å². The summed E-state index contributed by atoms with van der Waals surface area (Å²) in [6.45, 7) is 0. The van der Waals surface area contributed by atoms with E-state index in [0.29, 0.717) is 0 Å². The minimum absolute atomic E-state index is 0.931. The first kappa shape index (κ1) is 13.1. The number of hydrogen-bond donors (Lipinski definition) is 1. The fourth-order valence-electron chi connectivity index (χ4n) is 1.91. The second kappa shape index (κ2) is 6.00. The van der Waals surface area contributed by atoms with E-state index in [1.54, 1.807) is 24.9 Å². The lowest BCUT2D eigenvalue weighted by molar-refractivity contribution is 0.913. The van der Waals surface area contributed by atoms with Crippen molar-refractivity contribution < 1.29 is 0 Å². The molecule has 0 spiro atoms. The molecule has 2 aromatic heterocycles. The van der Waals surface area contributed by atoms with E-state index in [0.717, 1.165) is 22.5 Å². The van der Waals surface area contributed by atoms with E-state index in [1.807, 2.05) is 54.2 Å². The Kier molecular flexibility index (Phi) is 3.73. The predicted octanol–water partition coefficient (Wildman–Crippen LogP) is 2.93. The van der Waals surface area contributed by atoms with E-state index in [4.69, 9.17) is 0 Å². The molecule has 0 atom stereocenters. The van der Waals surface area contributed by atoms with Crippen molar-refractivity contribution in [3.05, 3.63) is 66.9 Å². The molecule has 0 fully saturated rings. The minimum Gasteiger partial charge on any atom is -0.340 e. The highest BCUT2D eigenvalue weighted by Crippen LogP contribution is 2.19. The topological polar surface area (TPSA) is 55.1 Å². The first-order valence-corrected chi connectivity index (χ1v) is 6.59. The molecule has 0 aliphatic rings. The Morgan fingerprint density at radius 2 is 1.86 bits per heavy atom. The molecule has 104 valence electrons. The molecule has 0 bridgehead atoms. The highest BCUT2D eigenvalue weighted by atomic mass is 15.3. The monoisotopic (exact) mass is 277 g/mol. The van der Waals surface area contributed by atoms with E-state index >= 15 is 0 Å². The van der Waals surface area contributed by atoms with E-state index in [2.05, 4.69) is 20.5 Å². The summed E-state index contributed by atoms with van der Waals surface area (Å²) >= 11 is 0. The third-order valence-electron chi connectivity index (χ3n) is 3.00. The van der Waals surface area contributed by atoms with Gasteiger partial charge in [-0.25, -0.2) is 4.98 Å². The van der Waals surface area contributed by atoms with Gasteiger partial charge in [-0.05, 0) is 29.8 Å².